The Balaban J connectivity index is -0.0000000490. The molecule has 0 saturated carbocycles. The summed E-state index contributed by atoms with van der Waals surface area (Å²) in [5.74, 6) is 0.723. The molecule has 0 aromatic rings. The summed E-state index contributed by atoms with van der Waals surface area (Å²) in [6.07, 6.45) is 3.10. The third kappa shape index (κ3) is 26.0. The summed E-state index contributed by atoms with van der Waals surface area (Å²) < 4.78 is 50.1. The molecular weight excluding hydrogens is 582 g/mol. The van der Waals surface area contributed by atoms with Crippen molar-refractivity contribution in [2.24, 2.45) is 5.41 Å². The van der Waals surface area contributed by atoms with E-state index in [4.69, 9.17) is 37.5 Å². The van der Waals surface area contributed by atoms with E-state index in [1.165, 1.54) is 6.42 Å². The monoisotopic (exact) mass is 614 g/mol. The van der Waals surface area contributed by atoms with Crippen molar-refractivity contribution >= 4 is 24.9 Å². The van der Waals surface area contributed by atoms with Crippen molar-refractivity contribution in [2.75, 3.05) is 12.4 Å². The average molecular weight is 614 g/mol. The zero-order valence-corrected chi connectivity index (χ0v) is 24.3. The van der Waals surface area contributed by atoms with Crippen molar-refractivity contribution in [3.8, 4) is 0 Å². The molecular formula is C22H32Fe2NO10S+. The Morgan fingerprint density at radius 1 is 1.00 bits per heavy atom. The maximum absolute atomic E-state index is 12.1. The molecule has 1 saturated heterocycles. The topological polar surface area (TPSA) is 180 Å². The fourth-order valence-corrected chi connectivity index (χ4v) is 2.07. The van der Waals surface area contributed by atoms with E-state index >= 15 is 0 Å². The minimum Gasteiger partial charge on any atom is 0 e. The number of carbonyl (C=O) groups excluding carboxylic acids is 2. The van der Waals surface area contributed by atoms with Crippen LogP contribution in [0.2, 0.25) is 0 Å². The fourth-order valence-electron chi connectivity index (χ4n) is 2.07. The van der Waals surface area contributed by atoms with Crippen LogP contribution in [0.4, 0.5) is 0 Å². The number of carbonyl (C=O) groups is 1. The Kier molecular flexibility index (Phi) is 72.9. The summed E-state index contributed by atoms with van der Waals surface area (Å²) in [7, 11) is 0. The van der Waals surface area contributed by atoms with E-state index in [1.807, 2.05) is 20.8 Å². The van der Waals surface area contributed by atoms with Crippen LogP contribution in [0.1, 0.15) is 54.9 Å². The second kappa shape index (κ2) is 43.9. The molecule has 0 aromatic heterocycles. The van der Waals surface area contributed by atoms with Crippen LogP contribution in [0.15, 0.2) is 0 Å². The minimum absolute atomic E-state index is 0. The first-order valence-electron chi connectivity index (χ1n) is 9.01. The molecule has 11 nitrogen and oxygen atoms in total. The number of hydrogen-bond acceptors (Lipinski definition) is 4. The van der Waals surface area contributed by atoms with Gasteiger partial charge in [0.25, 0.3) is 0 Å². The number of hydroxylamine groups is 2. The molecule has 1 N–H and O–H groups in total. The summed E-state index contributed by atoms with van der Waals surface area (Å²) in [6, 6.07) is -0.697. The summed E-state index contributed by atoms with van der Waals surface area (Å²) >= 11 is 3.29. The number of ether oxygens (including phenoxy) is 1. The average Bonchev–Trinajstić information content (AvgIpc) is 3.18. The van der Waals surface area contributed by atoms with Crippen LogP contribution < -0.4 is 0 Å². The summed E-state index contributed by atoms with van der Waals surface area (Å²) in [5, 5.41) is 1.60. The molecule has 1 rings (SSSR count). The van der Waals surface area contributed by atoms with Gasteiger partial charge in [-0.05, 0) is 65.4 Å². The summed E-state index contributed by atoms with van der Waals surface area (Å²) in [6.45, 7) is 40.5. The molecule has 1 aliphatic heterocycles. The van der Waals surface area contributed by atoms with Gasteiger partial charge in [-0.15, -0.1) is 0 Å². The van der Waals surface area contributed by atoms with Crippen molar-refractivity contribution in [3.05, 3.63) is 39.9 Å². The van der Waals surface area contributed by atoms with E-state index in [-0.39, 0.29) is 45.8 Å². The van der Waals surface area contributed by atoms with E-state index in [2.05, 4.69) is 65.7 Å². The van der Waals surface area contributed by atoms with E-state index in [1.54, 1.807) is 25.8 Å². The van der Waals surface area contributed by atoms with Crippen LogP contribution in [0, 0.1) is 45.3 Å². The first-order valence-corrected chi connectivity index (χ1v) is 9.71. The molecule has 0 amide bonds. The van der Waals surface area contributed by atoms with Gasteiger partial charge in [0.15, 0.2) is 0 Å². The van der Waals surface area contributed by atoms with Gasteiger partial charge in [-0.2, -0.15) is 5.06 Å². The molecule has 0 bridgehead atoms. The second-order valence-electron chi connectivity index (χ2n) is 6.54. The Labute approximate surface area is 240 Å². The second-order valence-corrected chi connectivity index (χ2v) is 7.04. The van der Waals surface area contributed by atoms with Crippen molar-refractivity contribution in [1.82, 2.24) is 5.06 Å². The van der Waals surface area contributed by atoms with Crippen molar-refractivity contribution in [2.45, 2.75) is 72.6 Å². The smallest absolute Gasteiger partial charge is 0 e. The third-order valence-electron chi connectivity index (χ3n) is 3.58. The summed E-state index contributed by atoms with van der Waals surface area (Å²) in [5.41, 5.74) is -1.28. The molecule has 0 unspecified atom stereocenters. The van der Waals surface area contributed by atoms with Crippen molar-refractivity contribution in [1.29, 1.82) is 0 Å². The van der Waals surface area contributed by atoms with Crippen LogP contribution in [0.5, 0.6) is 0 Å². The standard InChI is InChI=1S/C13H23NO4.C3H8S.6CO.2Fe/c1-7-17-11(16)10-13(6,8-15)9(2)18-14(10)12(3,4)5;1-2-3-4;6*1-2;;/h9-10,15H,7H2,1-6H3;4H,2-3H2,1H3;;;;;;;;/p+1/t9-,10+,13-;;;;;;;;;/m0........./s1. The Morgan fingerprint density at radius 3 is 1.50 bits per heavy atom. The fraction of sp³-hybridized carbons (Fsp3) is 0.636. The number of nitrogens with zero attached hydrogens (tertiary/aromatic N) is 1. The molecule has 206 valence electrons. The van der Waals surface area contributed by atoms with Crippen LogP contribution in [0.3, 0.4) is 0 Å². The zero-order chi connectivity index (χ0) is 29.6. The predicted molar refractivity (Wildman–Crippen MR) is 116 cm³/mol. The molecule has 1 aliphatic rings. The molecule has 0 spiro atoms. The van der Waals surface area contributed by atoms with Gasteiger partial charge in [-0.1, -0.05) is 13.8 Å². The van der Waals surface area contributed by atoms with Crippen LogP contribution in [-0.2, 0) is 89.0 Å². The van der Waals surface area contributed by atoms with Gasteiger partial charge >= 0.3 is 73.8 Å². The first kappa shape index (κ1) is 59.8. The molecule has 1 heterocycles. The van der Waals surface area contributed by atoms with Gasteiger partial charge in [-0.3, -0.25) is 9.63 Å². The van der Waals surface area contributed by atoms with E-state index in [0.717, 1.165) is 5.75 Å². The van der Waals surface area contributed by atoms with Crippen LogP contribution >= 0.6 is 0 Å². The van der Waals surface area contributed by atoms with Crippen LogP contribution in [-0.4, -0.2) is 52.2 Å². The minimum atomic E-state index is -0.903. The number of rotatable bonds is 4. The quantitative estimate of drug-likeness (QED) is 0.202. The molecule has 36 heavy (non-hydrogen) atoms. The normalized spacial score (nSPS) is 17.9. The molecule has 0 aromatic carbocycles. The van der Waals surface area contributed by atoms with Gasteiger partial charge in [0.2, 0.25) is 0 Å². The van der Waals surface area contributed by atoms with Crippen LogP contribution in [0.25, 0.3) is 0 Å². The molecule has 0 radical (unpaired) electrons. The molecule has 1 fully saturated rings. The van der Waals surface area contributed by atoms with Gasteiger partial charge in [-0.25, -0.2) is 0 Å². The van der Waals surface area contributed by atoms with Crippen molar-refractivity contribution < 1.29 is 81.2 Å². The van der Waals surface area contributed by atoms with Gasteiger partial charge < -0.3 is 9.53 Å². The van der Waals surface area contributed by atoms with Crippen molar-refractivity contribution in [3.63, 3.8) is 0 Å². The Hall–Kier alpha value is -1.11. The van der Waals surface area contributed by atoms with E-state index in [9.17, 15) is 9.59 Å². The zero-order valence-electron chi connectivity index (χ0n) is 21.1. The predicted octanol–water partition coefficient (Wildman–Crippen LogP) is 1.59. The number of hydrogen-bond donors (Lipinski definition) is 0. The van der Waals surface area contributed by atoms with E-state index < -0.39 is 17.4 Å². The SMILES string of the molecule is CCC[SH2+].CCOC(=O)[C@H]1N(C(C)(C)C)O[C@@H](C)[C@]1(C)[C-]=[OH+].[C-]#[O+].[C-]#[O+].[C-]#[O+].[C-]#[O+].[C-]#[O+].[C-]#[O+].[Fe].[Fe]. The maximum Gasteiger partial charge on any atom is 0 e. The molecule has 0 aliphatic carbocycles. The largest absolute Gasteiger partial charge is 0 e. The van der Waals surface area contributed by atoms with Gasteiger partial charge in [0, 0.05) is 39.7 Å². The Morgan fingerprint density at radius 2 is 1.31 bits per heavy atom. The maximum atomic E-state index is 12.1. The van der Waals surface area contributed by atoms with E-state index in [0.29, 0.717) is 6.61 Å². The van der Waals surface area contributed by atoms with Gasteiger partial charge in [0.1, 0.15) is 11.8 Å². The number of esters is 1. The molecule has 14 heteroatoms. The van der Waals surface area contributed by atoms with Gasteiger partial charge in [0.05, 0.1) is 12.7 Å². The Bertz CT molecular complexity index is 567. The molecule has 3 atom stereocenters. The third-order valence-corrected chi connectivity index (χ3v) is 4.08. The first-order chi connectivity index (χ1) is 16.1. The summed E-state index contributed by atoms with van der Waals surface area (Å²) in [4.78, 5) is 27.3.